The number of anilines is 1. The van der Waals surface area contributed by atoms with E-state index < -0.39 is 54.0 Å². The van der Waals surface area contributed by atoms with E-state index in [1.807, 2.05) is 0 Å². The molecule has 2 saturated heterocycles. The van der Waals surface area contributed by atoms with Gasteiger partial charge < -0.3 is 29.4 Å². The van der Waals surface area contributed by atoms with Crippen LogP contribution in [-0.2, 0) is 38.9 Å². The summed E-state index contributed by atoms with van der Waals surface area (Å²) in [4.78, 5) is 41.1. The second kappa shape index (κ2) is 8.45. The number of methoxy groups -OCH3 is 1. The molecular weight excluding hydrogens is 450 g/mol. The van der Waals surface area contributed by atoms with Crippen molar-refractivity contribution in [3.63, 3.8) is 0 Å². The van der Waals surface area contributed by atoms with Crippen LogP contribution in [0, 0.1) is 16.7 Å². The summed E-state index contributed by atoms with van der Waals surface area (Å²) in [6, 6.07) is 5.16. The highest BCUT2D eigenvalue weighted by atomic mass is 16.7. The number of aromatic nitrogens is 3. The van der Waals surface area contributed by atoms with Gasteiger partial charge >= 0.3 is 18.1 Å². The Labute approximate surface area is 193 Å². The fourth-order valence-electron chi connectivity index (χ4n) is 4.23. The number of nitrogens with two attached hydrogens (primary N) is 1. The molecule has 2 aromatic rings. The predicted molar refractivity (Wildman–Crippen MR) is 111 cm³/mol. The lowest BCUT2D eigenvalue weighted by Gasteiger charge is -2.28. The molecule has 2 N–H and O–H groups in total. The molecule has 34 heavy (non-hydrogen) atoms. The van der Waals surface area contributed by atoms with Crippen LogP contribution in [0.25, 0.3) is 5.52 Å². The third-order valence-corrected chi connectivity index (χ3v) is 5.74. The van der Waals surface area contributed by atoms with E-state index in [0.717, 1.165) is 7.11 Å². The highest BCUT2D eigenvalue weighted by Crippen LogP contribution is 2.45. The first-order valence-electron chi connectivity index (χ1n) is 10.4. The van der Waals surface area contributed by atoms with Gasteiger partial charge in [0.15, 0.2) is 18.0 Å². The first kappa shape index (κ1) is 23.2. The Bertz CT molecular complexity index is 1190. The zero-order valence-electron chi connectivity index (χ0n) is 18.7. The van der Waals surface area contributed by atoms with E-state index in [1.54, 1.807) is 19.9 Å². The highest BCUT2D eigenvalue weighted by Gasteiger charge is 2.63. The molecule has 0 radical (unpaired) electrons. The molecule has 4 heterocycles. The smallest absolute Gasteiger partial charge is 0.455 e. The summed E-state index contributed by atoms with van der Waals surface area (Å²) >= 11 is 0. The van der Waals surface area contributed by atoms with Gasteiger partial charge in [-0.3, -0.25) is 9.59 Å². The number of hydrogen-bond acceptors (Lipinski definition) is 12. The van der Waals surface area contributed by atoms with E-state index in [2.05, 4.69) is 20.9 Å². The van der Waals surface area contributed by atoms with Gasteiger partial charge in [0.05, 0.1) is 25.6 Å². The summed E-state index contributed by atoms with van der Waals surface area (Å²) in [5.74, 6) is -1.12. The summed E-state index contributed by atoms with van der Waals surface area (Å²) in [7, 11) is 1.13. The van der Waals surface area contributed by atoms with E-state index in [-0.39, 0.29) is 24.4 Å². The highest BCUT2D eigenvalue weighted by molar-refractivity contribution is 5.75. The van der Waals surface area contributed by atoms with Gasteiger partial charge in [-0.05, 0) is 17.5 Å². The van der Waals surface area contributed by atoms with Gasteiger partial charge in [-0.1, -0.05) is 13.8 Å². The number of carbonyl (C=O) groups is 3. The van der Waals surface area contributed by atoms with Crippen LogP contribution in [0.15, 0.2) is 18.5 Å². The standard InChI is InChI=1S/C21H23N5O8/c1-20(2)6-14(27)32-16-12(8-31-19(29)30-3)34-21(9-22,17(16)33-15(28)7-20)13-5-4-11-18(23)24-10-25-26(11)13/h4-5,10,12,16-17H,6-8H2,1-3H3,(H2,23,24,25)/t12-,16-,17-,21+/m1/s1. The molecule has 4 rings (SSSR count). The average Bonchev–Trinajstić information content (AvgIpc) is 3.33. The molecule has 13 heteroatoms. The Morgan fingerprint density at radius 3 is 2.68 bits per heavy atom. The van der Waals surface area contributed by atoms with Gasteiger partial charge in [0.25, 0.3) is 0 Å². The molecule has 2 fully saturated rings. The first-order valence-corrected chi connectivity index (χ1v) is 10.4. The Hall–Kier alpha value is -3.92. The first-order chi connectivity index (χ1) is 16.1. The Kier molecular flexibility index (Phi) is 5.78. The number of rotatable bonds is 3. The number of ether oxygens (including phenoxy) is 5. The average molecular weight is 473 g/mol. The minimum absolute atomic E-state index is 0.0761. The molecule has 2 aliphatic rings. The number of esters is 2. The van der Waals surface area contributed by atoms with Gasteiger partial charge in [-0.25, -0.2) is 14.3 Å². The van der Waals surface area contributed by atoms with Crippen molar-refractivity contribution < 1.29 is 38.1 Å². The van der Waals surface area contributed by atoms with Gasteiger partial charge in [0, 0.05) is 0 Å². The van der Waals surface area contributed by atoms with E-state index in [1.165, 1.54) is 16.9 Å². The van der Waals surface area contributed by atoms with Crippen LogP contribution >= 0.6 is 0 Å². The van der Waals surface area contributed by atoms with Gasteiger partial charge in [0.1, 0.15) is 30.6 Å². The van der Waals surface area contributed by atoms with Crippen LogP contribution < -0.4 is 5.73 Å². The number of hydrogen-bond donors (Lipinski definition) is 1. The molecule has 4 atom stereocenters. The fraction of sp³-hybridized carbons (Fsp3) is 0.524. The van der Waals surface area contributed by atoms with E-state index in [9.17, 15) is 19.6 Å². The Morgan fingerprint density at radius 2 is 2.00 bits per heavy atom. The van der Waals surface area contributed by atoms with Crippen LogP contribution in [0.2, 0.25) is 0 Å². The molecule has 180 valence electrons. The number of nitrogens with zero attached hydrogens (tertiary/aromatic N) is 4. The molecular formula is C21H23N5O8. The maximum absolute atomic E-state index is 12.9. The van der Waals surface area contributed by atoms with Crippen molar-refractivity contribution in [1.82, 2.24) is 14.6 Å². The topological polar surface area (TPSA) is 177 Å². The van der Waals surface area contributed by atoms with Crippen molar-refractivity contribution in [3.8, 4) is 6.07 Å². The summed E-state index contributed by atoms with van der Waals surface area (Å²) < 4.78 is 28.3. The molecule has 0 saturated carbocycles. The van der Waals surface area contributed by atoms with Crippen molar-refractivity contribution in [2.45, 2.75) is 50.6 Å². The zero-order chi connectivity index (χ0) is 24.7. The second-order valence-electron chi connectivity index (χ2n) is 8.81. The predicted octanol–water partition coefficient (Wildman–Crippen LogP) is 0.856. The third-order valence-electron chi connectivity index (χ3n) is 5.74. The van der Waals surface area contributed by atoms with Crippen molar-refractivity contribution in [2.24, 2.45) is 5.41 Å². The van der Waals surface area contributed by atoms with Crippen molar-refractivity contribution in [1.29, 1.82) is 5.26 Å². The minimum atomic E-state index is -1.98. The quantitative estimate of drug-likeness (QED) is 0.492. The zero-order valence-corrected chi connectivity index (χ0v) is 18.7. The maximum atomic E-state index is 12.9. The molecule has 0 aliphatic carbocycles. The molecule has 0 aromatic carbocycles. The van der Waals surface area contributed by atoms with Crippen LogP contribution in [0.3, 0.4) is 0 Å². The van der Waals surface area contributed by atoms with Crippen LogP contribution in [-0.4, -0.2) is 64.7 Å². The van der Waals surface area contributed by atoms with Crippen LogP contribution in [0.5, 0.6) is 0 Å². The fourth-order valence-corrected chi connectivity index (χ4v) is 4.23. The molecule has 0 unspecified atom stereocenters. The lowest BCUT2D eigenvalue weighted by atomic mass is 9.86. The van der Waals surface area contributed by atoms with Crippen molar-refractivity contribution in [2.75, 3.05) is 19.5 Å². The third kappa shape index (κ3) is 3.96. The lowest BCUT2D eigenvalue weighted by molar-refractivity contribution is -0.166. The van der Waals surface area contributed by atoms with E-state index >= 15 is 0 Å². The normalized spacial score (nSPS) is 28.5. The second-order valence-corrected chi connectivity index (χ2v) is 8.81. The molecule has 2 aromatic heterocycles. The largest absolute Gasteiger partial charge is 0.508 e. The number of nitrogen functional groups attached to an aromatic ring is 1. The molecule has 0 spiro atoms. The summed E-state index contributed by atoms with van der Waals surface area (Å²) in [5, 5.41) is 14.5. The number of fused-ring (bicyclic) bond motifs is 2. The Morgan fingerprint density at radius 1 is 1.29 bits per heavy atom. The molecule has 0 amide bonds. The molecule has 2 aliphatic heterocycles. The monoisotopic (exact) mass is 473 g/mol. The van der Waals surface area contributed by atoms with Crippen LogP contribution in [0.4, 0.5) is 10.6 Å². The van der Waals surface area contributed by atoms with Crippen molar-refractivity contribution in [3.05, 3.63) is 24.2 Å². The van der Waals surface area contributed by atoms with Crippen molar-refractivity contribution >= 4 is 29.4 Å². The number of nitriles is 1. The SMILES string of the molecule is COC(=O)OC[C@H]1O[C@@](C#N)(c2ccc3c(N)ncnn23)[C@@H]2OC(=O)CC(C)(C)CC(=O)O[C@@H]21. The summed E-state index contributed by atoms with van der Waals surface area (Å²) in [6.45, 7) is 3.01. The molecule has 13 nitrogen and oxygen atoms in total. The summed E-state index contributed by atoms with van der Waals surface area (Å²) in [5.41, 5.74) is 3.74. The molecule has 0 bridgehead atoms. The Balaban J connectivity index is 1.84. The van der Waals surface area contributed by atoms with E-state index in [0.29, 0.717) is 5.52 Å². The summed E-state index contributed by atoms with van der Waals surface area (Å²) in [6.07, 6.45) is -3.81. The van der Waals surface area contributed by atoms with Crippen LogP contribution in [0.1, 0.15) is 32.4 Å². The van der Waals surface area contributed by atoms with E-state index in [4.69, 9.17) is 24.7 Å². The lowest BCUT2D eigenvalue weighted by Crippen LogP contribution is -2.45. The van der Waals surface area contributed by atoms with Gasteiger partial charge in [0.2, 0.25) is 5.60 Å². The van der Waals surface area contributed by atoms with Gasteiger partial charge in [-0.15, -0.1) is 0 Å². The maximum Gasteiger partial charge on any atom is 0.508 e. The minimum Gasteiger partial charge on any atom is -0.455 e. The van der Waals surface area contributed by atoms with Gasteiger partial charge in [-0.2, -0.15) is 10.4 Å². The number of carbonyl (C=O) groups excluding carboxylic acids is 3.